The van der Waals surface area contributed by atoms with Gasteiger partial charge in [-0.05, 0) is 23.8 Å². The smallest absolute Gasteiger partial charge is 0.129 e. The predicted molar refractivity (Wildman–Crippen MR) is 53.2 cm³/mol. The molecule has 0 saturated heterocycles. The predicted octanol–water partition coefficient (Wildman–Crippen LogP) is 2.91. The zero-order chi connectivity index (χ0) is 10.3. The average molecular weight is 194 g/mol. The van der Waals surface area contributed by atoms with Crippen molar-refractivity contribution in [2.45, 2.75) is 26.4 Å². The lowest BCUT2D eigenvalue weighted by molar-refractivity contribution is 0.134. The SMILES string of the molecule is CC1(C)CC1C(O)c1ccccc1F. The van der Waals surface area contributed by atoms with E-state index < -0.39 is 6.10 Å². The Kier molecular flexibility index (Phi) is 2.11. The first kappa shape index (κ1) is 9.66. The minimum atomic E-state index is -0.647. The molecule has 2 unspecified atom stereocenters. The van der Waals surface area contributed by atoms with E-state index in [1.54, 1.807) is 18.2 Å². The van der Waals surface area contributed by atoms with Crippen LogP contribution in [0.3, 0.4) is 0 Å². The van der Waals surface area contributed by atoms with Gasteiger partial charge in [-0.25, -0.2) is 4.39 Å². The summed E-state index contributed by atoms with van der Waals surface area (Å²) < 4.78 is 13.3. The number of hydrogen-bond acceptors (Lipinski definition) is 1. The van der Waals surface area contributed by atoms with Crippen molar-refractivity contribution in [1.29, 1.82) is 0 Å². The van der Waals surface area contributed by atoms with Gasteiger partial charge in [-0.15, -0.1) is 0 Å². The highest BCUT2D eigenvalue weighted by atomic mass is 19.1. The first-order valence-electron chi connectivity index (χ1n) is 4.95. The number of aliphatic hydroxyl groups excluding tert-OH is 1. The topological polar surface area (TPSA) is 20.2 Å². The van der Waals surface area contributed by atoms with Crippen LogP contribution in [0.25, 0.3) is 0 Å². The van der Waals surface area contributed by atoms with Crippen LogP contribution in [0.4, 0.5) is 4.39 Å². The molecule has 1 aliphatic rings. The third-order valence-corrected chi connectivity index (χ3v) is 3.19. The second-order valence-corrected chi connectivity index (χ2v) is 4.77. The molecule has 14 heavy (non-hydrogen) atoms. The minimum Gasteiger partial charge on any atom is -0.388 e. The molecule has 1 aromatic carbocycles. The summed E-state index contributed by atoms with van der Waals surface area (Å²) >= 11 is 0. The van der Waals surface area contributed by atoms with Gasteiger partial charge in [-0.1, -0.05) is 32.0 Å². The Hall–Kier alpha value is -0.890. The number of aliphatic hydroxyl groups is 1. The van der Waals surface area contributed by atoms with Crippen molar-refractivity contribution in [2.24, 2.45) is 11.3 Å². The summed E-state index contributed by atoms with van der Waals surface area (Å²) in [6, 6.07) is 6.46. The third kappa shape index (κ3) is 1.55. The van der Waals surface area contributed by atoms with E-state index in [1.165, 1.54) is 6.07 Å². The second kappa shape index (κ2) is 3.06. The summed E-state index contributed by atoms with van der Waals surface area (Å²) in [6.45, 7) is 4.20. The van der Waals surface area contributed by atoms with Gasteiger partial charge >= 0.3 is 0 Å². The summed E-state index contributed by atoms with van der Waals surface area (Å²) in [7, 11) is 0. The number of halogens is 1. The molecule has 0 spiro atoms. The van der Waals surface area contributed by atoms with Crippen LogP contribution in [0, 0.1) is 17.2 Å². The highest BCUT2D eigenvalue weighted by Crippen LogP contribution is 2.57. The fourth-order valence-electron chi connectivity index (χ4n) is 1.98. The van der Waals surface area contributed by atoms with Crippen LogP contribution in [0.5, 0.6) is 0 Å². The lowest BCUT2D eigenvalue weighted by Gasteiger charge is -2.13. The van der Waals surface area contributed by atoms with Crippen molar-refractivity contribution >= 4 is 0 Å². The van der Waals surface area contributed by atoms with Crippen molar-refractivity contribution in [3.05, 3.63) is 35.6 Å². The first-order valence-corrected chi connectivity index (χ1v) is 4.95. The molecule has 1 aromatic rings. The second-order valence-electron chi connectivity index (χ2n) is 4.77. The molecular weight excluding hydrogens is 179 g/mol. The van der Waals surface area contributed by atoms with Crippen molar-refractivity contribution in [1.82, 2.24) is 0 Å². The molecule has 2 atom stereocenters. The van der Waals surface area contributed by atoms with Crippen molar-refractivity contribution in [2.75, 3.05) is 0 Å². The summed E-state index contributed by atoms with van der Waals surface area (Å²) in [5.41, 5.74) is 0.602. The van der Waals surface area contributed by atoms with Crippen LogP contribution >= 0.6 is 0 Å². The Labute approximate surface area is 83.6 Å². The Balaban J connectivity index is 2.21. The zero-order valence-corrected chi connectivity index (χ0v) is 8.50. The van der Waals surface area contributed by atoms with Crippen molar-refractivity contribution in [3.8, 4) is 0 Å². The van der Waals surface area contributed by atoms with Gasteiger partial charge in [0, 0.05) is 5.56 Å². The van der Waals surface area contributed by atoms with Gasteiger partial charge < -0.3 is 5.11 Å². The fraction of sp³-hybridized carbons (Fsp3) is 0.500. The van der Waals surface area contributed by atoms with Crippen LogP contribution in [-0.2, 0) is 0 Å². The van der Waals surface area contributed by atoms with E-state index in [1.807, 2.05) is 0 Å². The molecule has 0 aromatic heterocycles. The minimum absolute atomic E-state index is 0.168. The molecule has 1 saturated carbocycles. The maximum absolute atomic E-state index is 13.3. The molecule has 0 heterocycles. The highest BCUT2D eigenvalue weighted by molar-refractivity contribution is 5.23. The van der Waals surface area contributed by atoms with Gasteiger partial charge in [-0.2, -0.15) is 0 Å². The Bertz CT molecular complexity index is 346. The highest BCUT2D eigenvalue weighted by Gasteiger charge is 2.50. The van der Waals surface area contributed by atoms with Crippen LogP contribution < -0.4 is 0 Å². The summed E-state index contributed by atoms with van der Waals surface area (Å²) in [4.78, 5) is 0. The molecular formula is C12H15FO. The van der Waals surface area contributed by atoms with E-state index >= 15 is 0 Å². The first-order chi connectivity index (χ1) is 6.52. The van der Waals surface area contributed by atoms with E-state index in [0.717, 1.165) is 6.42 Å². The van der Waals surface area contributed by atoms with E-state index in [4.69, 9.17) is 0 Å². The van der Waals surface area contributed by atoms with Gasteiger partial charge in [0.2, 0.25) is 0 Å². The standard InChI is InChI=1S/C12H15FO/c1-12(2)7-9(12)11(14)8-5-3-4-6-10(8)13/h3-6,9,11,14H,7H2,1-2H3. The molecule has 1 fully saturated rings. The summed E-state index contributed by atoms with van der Waals surface area (Å²) in [5, 5.41) is 9.94. The molecule has 2 heteroatoms. The van der Waals surface area contributed by atoms with Crippen LogP contribution in [-0.4, -0.2) is 5.11 Å². The Morgan fingerprint density at radius 2 is 2.00 bits per heavy atom. The fourth-order valence-corrected chi connectivity index (χ4v) is 1.98. The lowest BCUT2D eigenvalue weighted by Crippen LogP contribution is -2.06. The van der Waals surface area contributed by atoms with Crippen LogP contribution in [0.1, 0.15) is 31.9 Å². The van der Waals surface area contributed by atoms with Crippen LogP contribution in [0.2, 0.25) is 0 Å². The number of benzene rings is 1. The molecule has 0 aliphatic heterocycles. The molecule has 0 bridgehead atoms. The van der Waals surface area contributed by atoms with Gasteiger partial charge in [0.05, 0.1) is 6.10 Å². The van der Waals surface area contributed by atoms with E-state index in [0.29, 0.717) is 5.56 Å². The van der Waals surface area contributed by atoms with Gasteiger partial charge in [0.1, 0.15) is 5.82 Å². The number of rotatable bonds is 2. The molecule has 0 amide bonds. The maximum atomic E-state index is 13.3. The Morgan fingerprint density at radius 1 is 1.43 bits per heavy atom. The van der Waals surface area contributed by atoms with Crippen LogP contribution in [0.15, 0.2) is 24.3 Å². The normalized spacial score (nSPS) is 25.9. The Morgan fingerprint density at radius 3 is 2.50 bits per heavy atom. The molecule has 1 nitrogen and oxygen atoms in total. The number of hydrogen-bond donors (Lipinski definition) is 1. The van der Waals surface area contributed by atoms with Gasteiger partial charge in [-0.3, -0.25) is 0 Å². The molecule has 1 N–H and O–H groups in total. The van der Waals surface area contributed by atoms with E-state index in [9.17, 15) is 9.50 Å². The molecule has 76 valence electrons. The molecule has 0 radical (unpaired) electrons. The monoisotopic (exact) mass is 194 g/mol. The molecule has 2 rings (SSSR count). The zero-order valence-electron chi connectivity index (χ0n) is 8.50. The maximum Gasteiger partial charge on any atom is 0.129 e. The summed E-state index contributed by atoms with van der Waals surface area (Å²) in [6.07, 6.45) is 0.328. The van der Waals surface area contributed by atoms with E-state index in [2.05, 4.69) is 13.8 Å². The third-order valence-electron chi connectivity index (χ3n) is 3.19. The summed E-state index contributed by atoms with van der Waals surface area (Å²) in [5.74, 6) is -0.0953. The average Bonchev–Trinajstić information content (AvgIpc) is 2.75. The lowest BCUT2D eigenvalue weighted by atomic mass is 9.99. The molecule has 1 aliphatic carbocycles. The van der Waals surface area contributed by atoms with E-state index in [-0.39, 0.29) is 17.2 Å². The van der Waals surface area contributed by atoms with Crippen molar-refractivity contribution < 1.29 is 9.50 Å². The van der Waals surface area contributed by atoms with Crippen molar-refractivity contribution in [3.63, 3.8) is 0 Å². The van der Waals surface area contributed by atoms with Gasteiger partial charge in [0.25, 0.3) is 0 Å². The van der Waals surface area contributed by atoms with Gasteiger partial charge in [0.15, 0.2) is 0 Å². The quantitative estimate of drug-likeness (QED) is 0.767. The largest absolute Gasteiger partial charge is 0.388 e.